The molecule has 94 valence electrons. The molecule has 0 aromatic heterocycles. The van der Waals surface area contributed by atoms with Gasteiger partial charge in [0.15, 0.2) is 0 Å². The highest BCUT2D eigenvalue weighted by Gasteiger charge is 2.64. The van der Waals surface area contributed by atoms with Gasteiger partial charge in [0.05, 0.1) is 10.1 Å². The smallest absolute Gasteiger partial charge is 0.309 e. The van der Waals surface area contributed by atoms with Crippen LogP contribution in [0.1, 0.15) is 25.7 Å². The Balaban J connectivity index is 1.69. The number of hydrogen-bond acceptors (Lipinski definition) is 2. The molecule has 0 aromatic carbocycles. The van der Waals surface area contributed by atoms with Crippen molar-refractivity contribution in [3.63, 3.8) is 0 Å². The summed E-state index contributed by atoms with van der Waals surface area (Å²) in [5.41, 5.74) is 0. The van der Waals surface area contributed by atoms with Crippen LogP contribution in [0.5, 0.6) is 0 Å². The first kappa shape index (κ1) is 10.8. The molecular formula is C12H17IN2O2. The van der Waals surface area contributed by atoms with Crippen LogP contribution in [-0.4, -0.2) is 37.8 Å². The molecule has 2 aliphatic heterocycles. The molecule has 2 amide bonds. The van der Waals surface area contributed by atoms with Crippen LogP contribution in [0, 0.1) is 23.7 Å². The van der Waals surface area contributed by atoms with Gasteiger partial charge < -0.3 is 4.90 Å². The van der Waals surface area contributed by atoms with Crippen molar-refractivity contribution < 1.29 is 10.0 Å². The molecule has 2 heterocycles. The van der Waals surface area contributed by atoms with Crippen molar-refractivity contribution in [3.05, 3.63) is 0 Å². The van der Waals surface area contributed by atoms with E-state index in [0.717, 1.165) is 23.4 Å². The third kappa shape index (κ3) is 1.20. The van der Waals surface area contributed by atoms with Crippen LogP contribution < -0.4 is 0 Å². The number of fused-ring (bicyclic) bond motifs is 7. The highest BCUT2D eigenvalue weighted by Crippen LogP contribution is 2.61. The van der Waals surface area contributed by atoms with Crippen LogP contribution >= 0.6 is 22.6 Å². The number of amides is 2. The summed E-state index contributed by atoms with van der Waals surface area (Å²) in [4.78, 5) is 13.8. The van der Waals surface area contributed by atoms with E-state index in [-0.39, 0.29) is 12.1 Å². The highest BCUT2D eigenvalue weighted by atomic mass is 127. The lowest BCUT2D eigenvalue weighted by atomic mass is 9.49. The molecular weight excluding hydrogens is 331 g/mol. The molecule has 0 aromatic rings. The van der Waals surface area contributed by atoms with Crippen molar-refractivity contribution in [2.24, 2.45) is 23.7 Å². The summed E-state index contributed by atoms with van der Waals surface area (Å²) >= 11 is 2.42. The van der Waals surface area contributed by atoms with Gasteiger partial charge >= 0.3 is 6.03 Å². The summed E-state index contributed by atoms with van der Waals surface area (Å²) in [5, 5.41) is 11.0. The maximum atomic E-state index is 11.9. The van der Waals surface area contributed by atoms with E-state index in [1.54, 1.807) is 0 Å². The number of halogens is 1. The van der Waals surface area contributed by atoms with E-state index in [1.165, 1.54) is 25.7 Å². The molecule has 1 N–H and O–H groups in total. The Labute approximate surface area is 114 Å². The molecule has 2 saturated carbocycles. The Bertz CT molecular complexity index is 378. The SMILES string of the molecule is O=C1N(O)C2CN1C(I)C1C3CCCCC3[C@@H]12. The van der Waals surface area contributed by atoms with Gasteiger partial charge in [-0.15, -0.1) is 0 Å². The van der Waals surface area contributed by atoms with Gasteiger partial charge in [-0.05, 0) is 36.5 Å². The number of rotatable bonds is 0. The maximum Gasteiger partial charge on any atom is 0.345 e. The molecule has 2 bridgehead atoms. The fourth-order valence-electron chi connectivity index (χ4n) is 4.83. The van der Waals surface area contributed by atoms with Crippen LogP contribution in [0.15, 0.2) is 0 Å². The van der Waals surface area contributed by atoms with E-state index in [0.29, 0.717) is 15.9 Å². The Kier molecular flexibility index (Phi) is 2.23. The second-order valence-corrected chi connectivity index (χ2v) is 7.26. The minimum atomic E-state index is -0.166. The van der Waals surface area contributed by atoms with Gasteiger partial charge in [0.1, 0.15) is 0 Å². The number of hydrogen-bond donors (Lipinski definition) is 1. The molecule has 6 atom stereocenters. The first-order chi connectivity index (χ1) is 8.20. The Morgan fingerprint density at radius 2 is 1.82 bits per heavy atom. The molecule has 4 rings (SSSR count). The van der Waals surface area contributed by atoms with E-state index < -0.39 is 0 Å². The lowest BCUT2D eigenvalue weighted by Crippen LogP contribution is -2.63. The van der Waals surface area contributed by atoms with Gasteiger partial charge in [-0.1, -0.05) is 35.4 Å². The lowest BCUT2D eigenvalue weighted by Gasteiger charge is -2.60. The molecule has 4 nitrogen and oxygen atoms in total. The second-order valence-electron chi connectivity index (χ2n) is 5.99. The van der Waals surface area contributed by atoms with E-state index in [9.17, 15) is 10.0 Å². The average Bonchev–Trinajstić information content (AvgIpc) is 2.56. The Hall–Kier alpha value is -0.0400. The first-order valence-corrected chi connectivity index (χ1v) is 7.87. The van der Waals surface area contributed by atoms with Crippen molar-refractivity contribution in [3.8, 4) is 0 Å². The number of carbonyl (C=O) groups is 1. The third-order valence-corrected chi connectivity index (χ3v) is 7.01. The zero-order chi connectivity index (χ0) is 11.7. The van der Waals surface area contributed by atoms with Crippen LogP contribution in [0.4, 0.5) is 4.79 Å². The van der Waals surface area contributed by atoms with Gasteiger partial charge in [0, 0.05) is 6.54 Å². The molecule has 2 saturated heterocycles. The van der Waals surface area contributed by atoms with Crippen LogP contribution in [-0.2, 0) is 0 Å². The van der Waals surface area contributed by atoms with Gasteiger partial charge in [-0.25, -0.2) is 9.86 Å². The summed E-state index contributed by atoms with van der Waals surface area (Å²) in [7, 11) is 0. The minimum absolute atomic E-state index is 0.0814. The summed E-state index contributed by atoms with van der Waals surface area (Å²) in [6.45, 7) is 0.743. The largest absolute Gasteiger partial charge is 0.345 e. The van der Waals surface area contributed by atoms with E-state index >= 15 is 0 Å². The predicted octanol–water partition coefficient (Wildman–Crippen LogP) is 2.31. The standard InChI is InChI=1S/C12H17IN2O2/c13-11-10-7-4-2-1-3-6(7)9(10)8-5-14(11)12(16)15(8)17/h6-11,17H,1-5H2/t6?,7?,8?,9-,10?,11?/m1/s1. The molecule has 2 aliphatic carbocycles. The summed E-state index contributed by atoms with van der Waals surface area (Å²) in [6.07, 6.45) is 5.35. The van der Waals surface area contributed by atoms with Crippen LogP contribution in [0.2, 0.25) is 0 Å². The number of hydroxylamine groups is 2. The monoisotopic (exact) mass is 348 g/mol. The predicted molar refractivity (Wildman–Crippen MR) is 69.8 cm³/mol. The van der Waals surface area contributed by atoms with Gasteiger partial charge in [-0.3, -0.25) is 5.21 Å². The Morgan fingerprint density at radius 3 is 2.53 bits per heavy atom. The molecule has 17 heavy (non-hydrogen) atoms. The van der Waals surface area contributed by atoms with Crippen molar-refractivity contribution in [2.75, 3.05) is 6.54 Å². The molecule has 4 aliphatic rings. The number of alkyl halides is 1. The van der Waals surface area contributed by atoms with E-state index in [1.807, 2.05) is 4.90 Å². The average molecular weight is 348 g/mol. The molecule has 0 radical (unpaired) electrons. The molecule has 5 heteroatoms. The number of urea groups is 1. The highest BCUT2D eigenvalue weighted by molar-refractivity contribution is 14.1. The normalized spacial score (nSPS) is 52.0. The van der Waals surface area contributed by atoms with Gasteiger partial charge in [0.2, 0.25) is 0 Å². The topological polar surface area (TPSA) is 43.8 Å². The third-order valence-electron chi connectivity index (χ3n) is 5.51. The van der Waals surface area contributed by atoms with Gasteiger partial charge in [0.25, 0.3) is 0 Å². The maximum absolute atomic E-state index is 11.9. The molecule has 0 spiro atoms. The van der Waals surface area contributed by atoms with Crippen LogP contribution in [0.25, 0.3) is 0 Å². The number of piperidine rings is 1. The lowest BCUT2D eigenvalue weighted by molar-refractivity contribution is -0.155. The van der Waals surface area contributed by atoms with Crippen molar-refractivity contribution >= 4 is 28.6 Å². The van der Waals surface area contributed by atoms with Gasteiger partial charge in [-0.2, -0.15) is 0 Å². The number of nitrogens with zero attached hydrogens (tertiary/aromatic N) is 2. The molecule has 4 fully saturated rings. The fraction of sp³-hybridized carbons (Fsp3) is 0.917. The zero-order valence-electron chi connectivity index (χ0n) is 9.63. The second kappa shape index (κ2) is 3.50. The minimum Gasteiger partial charge on any atom is -0.309 e. The first-order valence-electron chi connectivity index (χ1n) is 6.63. The summed E-state index contributed by atoms with van der Waals surface area (Å²) in [6, 6.07) is -0.0848. The van der Waals surface area contributed by atoms with E-state index in [2.05, 4.69) is 22.6 Å². The zero-order valence-corrected chi connectivity index (χ0v) is 11.8. The van der Waals surface area contributed by atoms with E-state index in [4.69, 9.17) is 0 Å². The van der Waals surface area contributed by atoms with Crippen molar-refractivity contribution in [2.45, 2.75) is 35.8 Å². The quantitative estimate of drug-likeness (QED) is 0.316. The summed E-state index contributed by atoms with van der Waals surface area (Å²) in [5.74, 6) is 2.80. The summed E-state index contributed by atoms with van der Waals surface area (Å²) < 4.78 is 0.304. The number of carbonyl (C=O) groups excluding carboxylic acids is 1. The molecule has 5 unspecified atom stereocenters. The Morgan fingerprint density at radius 1 is 1.18 bits per heavy atom. The fourth-order valence-corrected chi connectivity index (χ4v) is 6.31. The van der Waals surface area contributed by atoms with Crippen molar-refractivity contribution in [1.82, 2.24) is 9.96 Å². The van der Waals surface area contributed by atoms with Crippen LogP contribution in [0.3, 0.4) is 0 Å². The van der Waals surface area contributed by atoms with Crippen molar-refractivity contribution in [1.29, 1.82) is 0 Å².